The third-order valence-corrected chi connectivity index (χ3v) is 4.99. The molecule has 2 heterocycles. The van der Waals surface area contributed by atoms with Gasteiger partial charge in [-0.3, -0.25) is 29.2 Å². The van der Waals surface area contributed by atoms with Crippen LogP contribution in [0.1, 0.15) is 53.2 Å². The average Bonchev–Trinajstić information content (AvgIpc) is 3.04. The molecule has 0 fully saturated rings. The van der Waals surface area contributed by atoms with Gasteiger partial charge in [-0.15, -0.1) is 0 Å². The van der Waals surface area contributed by atoms with Crippen molar-refractivity contribution >= 4 is 34.6 Å². The van der Waals surface area contributed by atoms with E-state index in [4.69, 9.17) is 4.74 Å². The molecule has 0 spiro atoms. The molecule has 1 N–H and O–H groups in total. The maximum absolute atomic E-state index is 12.9. The Morgan fingerprint density at radius 3 is 2.20 bits per heavy atom. The molecule has 3 aromatic rings. The smallest absolute Gasteiger partial charge is 0.308 e. The zero-order valence-electron chi connectivity index (χ0n) is 16.6. The number of fused-ring (bicyclic) bond motifs is 3. The van der Waals surface area contributed by atoms with Crippen molar-refractivity contribution in [3.8, 4) is 5.75 Å². The van der Waals surface area contributed by atoms with Crippen LogP contribution in [0.15, 0.2) is 48.5 Å². The van der Waals surface area contributed by atoms with E-state index in [-0.39, 0.29) is 17.5 Å². The summed E-state index contributed by atoms with van der Waals surface area (Å²) in [6.45, 7) is 4.06. The first-order valence-electron chi connectivity index (χ1n) is 9.33. The fourth-order valence-corrected chi connectivity index (χ4v) is 3.91. The number of esters is 1. The lowest BCUT2D eigenvalue weighted by Gasteiger charge is -2.35. The van der Waals surface area contributed by atoms with Gasteiger partial charge in [-0.05, 0) is 23.8 Å². The number of hydrazine groups is 1. The average molecular weight is 405 g/mol. The summed E-state index contributed by atoms with van der Waals surface area (Å²) in [5.74, 6) is -1.26. The van der Waals surface area contributed by atoms with Crippen molar-refractivity contribution in [3.63, 3.8) is 0 Å². The largest absolute Gasteiger partial charge is 0.427 e. The highest BCUT2D eigenvalue weighted by molar-refractivity contribution is 6.09. The summed E-state index contributed by atoms with van der Waals surface area (Å²) in [4.78, 5) is 48.9. The number of carbonyl (C=O) groups excluding carboxylic acids is 4. The van der Waals surface area contributed by atoms with Crippen LogP contribution in [0.5, 0.6) is 5.75 Å². The fraction of sp³-hybridized carbons (Fsp3) is 0.182. The first-order chi connectivity index (χ1) is 14.3. The van der Waals surface area contributed by atoms with Gasteiger partial charge in [0.25, 0.3) is 5.91 Å². The predicted molar refractivity (Wildman–Crippen MR) is 108 cm³/mol. The highest BCUT2D eigenvalue weighted by atomic mass is 16.5. The maximum atomic E-state index is 12.9. The zero-order chi connectivity index (χ0) is 21.6. The maximum Gasteiger partial charge on any atom is 0.308 e. The predicted octanol–water partition coefficient (Wildman–Crippen LogP) is 2.82. The van der Waals surface area contributed by atoms with Gasteiger partial charge >= 0.3 is 5.97 Å². The molecule has 0 radical (unpaired) electrons. The lowest BCUT2D eigenvalue weighted by atomic mass is 9.93. The first-order valence-corrected chi connectivity index (χ1v) is 9.33. The molecule has 0 saturated heterocycles. The van der Waals surface area contributed by atoms with E-state index in [1.165, 1.54) is 30.3 Å². The van der Waals surface area contributed by atoms with Gasteiger partial charge in [-0.2, -0.15) is 0 Å². The quantitative estimate of drug-likeness (QED) is 0.522. The molecule has 2 aromatic carbocycles. The molecule has 2 amide bonds. The van der Waals surface area contributed by atoms with E-state index in [1.54, 1.807) is 36.4 Å². The number of carbonyl (C=O) groups is 4. The molecular weight excluding hydrogens is 386 g/mol. The van der Waals surface area contributed by atoms with E-state index in [0.29, 0.717) is 27.8 Å². The summed E-state index contributed by atoms with van der Waals surface area (Å²) in [5.41, 5.74) is 4.67. The van der Waals surface area contributed by atoms with Crippen molar-refractivity contribution in [3.05, 3.63) is 65.4 Å². The van der Waals surface area contributed by atoms with E-state index < -0.39 is 17.9 Å². The molecule has 1 unspecified atom stereocenters. The number of para-hydroxylation sites is 1. The Morgan fingerprint density at radius 1 is 0.933 bits per heavy atom. The van der Waals surface area contributed by atoms with Crippen molar-refractivity contribution in [2.24, 2.45) is 0 Å². The van der Waals surface area contributed by atoms with Gasteiger partial charge in [0.1, 0.15) is 17.5 Å². The van der Waals surface area contributed by atoms with E-state index in [0.717, 1.165) is 0 Å². The molecule has 0 aliphatic carbocycles. The second-order valence-corrected chi connectivity index (χ2v) is 7.03. The summed E-state index contributed by atoms with van der Waals surface area (Å²) >= 11 is 0. The minimum absolute atomic E-state index is 0.204. The summed E-state index contributed by atoms with van der Waals surface area (Å²) in [6.07, 6.45) is 0. The Morgan fingerprint density at radius 2 is 1.60 bits per heavy atom. The number of rotatable bonds is 2. The van der Waals surface area contributed by atoms with Gasteiger partial charge in [-0.25, -0.2) is 5.01 Å². The highest BCUT2D eigenvalue weighted by Crippen LogP contribution is 2.40. The lowest BCUT2D eigenvalue weighted by molar-refractivity contribution is -0.133. The summed E-state index contributed by atoms with van der Waals surface area (Å²) in [6, 6.07) is 13.2. The lowest BCUT2D eigenvalue weighted by Crippen LogP contribution is -2.52. The van der Waals surface area contributed by atoms with Crippen LogP contribution in [0, 0.1) is 0 Å². The summed E-state index contributed by atoms with van der Waals surface area (Å²) in [5, 5.41) is 1.96. The van der Waals surface area contributed by atoms with Crippen LogP contribution in [0.2, 0.25) is 0 Å². The van der Waals surface area contributed by atoms with E-state index in [1.807, 2.05) is 12.1 Å². The molecule has 8 heteroatoms. The van der Waals surface area contributed by atoms with Crippen LogP contribution >= 0.6 is 0 Å². The van der Waals surface area contributed by atoms with Gasteiger partial charge in [-0.1, -0.05) is 30.3 Å². The van der Waals surface area contributed by atoms with Gasteiger partial charge in [0.05, 0.1) is 5.52 Å². The number of aromatic nitrogens is 1. The van der Waals surface area contributed by atoms with Crippen molar-refractivity contribution < 1.29 is 23.9 Å². The summed E-state index contributed by atoms with van der Waals surface area (Å²) in [7, 11) is 0. The Labute approximate surface area is 172 Å². The van der Waals surface area contributed by atoms with Crippen LogP contribution in [0.3, 0.4) is 0 Å². The highest BCUT2D eigenvalue weighted by Gasteiger charge is 2.40. The van der Waals surface area contributed by atoms with Crippen molar-refractivity contribution in [2.75, 3.05) is 0 Å². The monoisotopic (exact) mass is 405 g/mol. The Bertz CT molecular complexity index is 1210. The normalized spacial score (nSPS) is 15.5. The Kier molecular flexibility index (Phi) is 4.62. The van der Waals surface area contributed by atoms with Crippen molar-refractivity contribution in [1.29, 1.82) is 0 Å². The minimum atomic E-state index is -0.660. The topological polar surface area (TPSA) is 97.7 Å². The van der Waals surface area contributed by atoms with Crippen LogP contribution in [0.4, 0.5) is 0 Å². The number of nitrogens with zero attached hydrogens (tertiary/aromatic N) is 2. The van der Waals surface area contributed by atoms with Crippen LogP contribution < -0.4 is 10.2 Å². The molecule has 0 saturated carbocycles. The molecule has 4 rings (SSSR count). The molecule has 1 aromatic heterocycles. The summed E-state index contributed by atoms with van der Waals surface area (Å²) < 4.78 is 6.46. The van der Waals surface area contributed by atoms with Gasteiger partial charge < -0.3 is 4.74 Å². The molecule has 0 bridgehead atoms. The minimum Gasteiger partial charge on any atom is -0.427 e. The van der Waals surface area contributed by atoms with Crippen LogP contribution in [-0.2, 0) is 9.59 Å². The van der Waals surface area contributed by atoms with E-state index in [9.17, 15) is 19.2 Å². The fourth-order valence-electron chi connectivity index (χ4n) is 3.91. The Hall–Kier alpha value is -3.94. The molecule has 1 aliphatic rings. The van der Waals surface area contributed by atoms with E-state index >= 15 is 0 Å². The third-order valence-electron chi connectivity index (χ3n) is 4.99. The van der Waals surface area contributed by atoms with Gasteiger partial charge in [0.15, 0.2) is 0 Å². The number of hydrogen-bond acceptors (Lipinski definition) is 5. The standard InChI is InChI=1S/C22H19N3O5/c1-12(26)24-18-7-5-4-6-17(18)19-20(25(13(2)27)23-22(29)21(19)24)15-8-10-16(11-9-15)30-14(3)28/h4-11,20H,1-3H3,(H,23,29). The Balaban J connectivity index is 1.98. The second kappa shape index (κ2) is 7.14. The molecule has 8 nitrogen and oxygen atoms in total. The SMILES string of the molecule is CC(=O)Oc1ccc(C2c3c(n(C(C)=O)c4ccccc34)C(=O)NN2C(C)=O)cc1. The third kappa shape index (κ3) is 3.02. The van der Waals surface area contributed by atoms with Crippen molar-refractivity contribution in [1.82, 2.24) is 15.0 Å². The molecule has 30 heavy (non-hydrogen) atoms. The molecule has 1 atom stereocenters. The molecule has 152 valence electrons. The number of benzene rings is 2. The zero-order valence-corrected chi connectivity index (χ0v) is 16.6. The van der Waals surface area contributed by atoms with Crippen LogP contribution in [0.25, 0.3) is 10.9 Å². The van der Waals surface area contributed by atoms with Crippen LogP contribution in [-0.4, -0.2) is 33.3 Å². The first kappa shape index (κ1) is 19.4. The number of amides is 2. The number of hydrogen-bond donors (Lipinski definition) is 1. The molecule has 1 aliphatic heterocycles. The number of nitrogens with one attached hydrogen (secondary N) is 1. The number of ether oxygens (including phenoxy) is 1. The van der Waals surface area contributed by atoms with Gasteiger partial charge in [0.2, 0.25) is 11.8 Å². The van der Waals surface area contributed by atoms with E-state index in [2.05, 4.69) is 5.43 Å². The van der Waals surface area contributed by atoms with Gasteiger partial charge in [0, 0.05) is 31.7 Å². The molecular formula is C22H19N3O5. The second-order valence-electron chi connectivity index (χ2n) is 7.03. The van der Waals surface area contributed by atoms with Crippen molar-refractivity contribution in [2.45, 2.75) is 26.8 Å².